The summed E-state index contributed by atoms with van der Waals surface area (Å²) in [6, 6.07) is 7.19. The van der Waals surface area contributed by atoms with Crippen LogP contribution in [0.4, 0.5) is 4.79 Å². The Labute approximate surface area is 225 Å². The molecule has 0 radical (unpaired) electrons. The molecule has 2 aliphatic heterocycles. The van der Waals surface area contributed by atoms with E-state index < -0.39 is 17.1 Å². The summed E-state index contributed by atoms with van der Waals surface area (Å²) in [5.41, 5.74) is -1.18. The van der Waals surface area contributed by atoms with Crippen molar-refractivity contribution in [1.29, 1.82) is 0 Å². The number of carbonyl (C=O) groups is 3. The summed E-state index contributed by atoms with van der Waals surface area (Å²) in [5.74, 6) is 0.544. The summed E-state index contributed by atoms with van der Waals surface area (Å²) in [4.78, 5) is 46.2. The van der Waals surface area contributed by atoms with Crippen LogP contribution in [-0.2, 0) is 14.3 Å². The Balaban J connectivity index is 1.71. The third kappa shape index (κ3) is 8.78. The van der Waals surface area contributed by atoms with Gasteiger partial charge in [0.1, 0.15) is 17.9 Å². The highest BCUT2D eigenvalue weighted by molar-refractivity contribution is 6.30. The Morgan fingerprint density at radius 1 is 1.05 bits per heavy atom. The molecule has 1 aromatic rings. The van der Waals surface area contributed by atoms with Crippen LogP contribution in [0.25, 0.3) is 0 Å². The first-order valence-corrected chi connectivity index (χ1v) is 13.3. The van der Waals surface area contributed by atoms with Crippen LogP contribution in [0.15, 0.2) is 24.3 Å². The maximum absolute atomic E-state index is 13.4. The number of benzene rings is 1. The molecule has 0 saturated carbocycles. The van der Waals surface area contributed by atoms with Gasteiger partial charge in [-0.25, -0.2) is 4.79 Å². The fourth-order valence-corrected chi connectivity index (χ4v) is 4.90. The van der Waals surface area contributed by atoms with Crippen LogP contribution in [0.3, 0.4) is 0 Å². The summed E-state index contributed by atoms with van der Waals surface area (Å²) in [7, 11) is 3.61. The number of amides is 3. The minimum Gasteiger partial charge on any atom is -0.493 e. The second-order valence-electron chi connectivity index (χ2n) is 11.4. The number of hydrogen-bond acceptors (Lipinski definition) is 6. The van der Waals surface area contributed by atoms with Crippen molar-refractivity contribution in [1.82, 2.24) is 19.6 Å². The molecule has 2 fully saturated rings. The van der Waals surface area contributed by atoms with Crippen molar-refractivity contribution >= 4 is 29.5 Å². The molecule has 0 N–H and O–H groups in total. The number of nitrogens with zero attached hydrogens (tertiary/aromatic N) is 4. The number of carbonyl (C=O) groups excluding carboxylic acids is 3. The van der Waals surface area contributed by atoms with Crippen LogP contribution < -0.4 is 4.74 Å². The van der Waals surface area contributed by atoms with Gasteiger partial charge in [-0.2, -0.15) is 0 Å². The van der Waals surface area contributed by atoms with Crippen LogP contribution in [0.2, 0.25) is 5.02 Å². The largest absolute Gasteiger partial charge is 0.493 e. The molecule has 37 heavy (non-hydrogen) atoms. The van der Waals surface area contributed by atoms with Crippen LogP contribution in [0.1, 0.15) is 40.0 Å². The standard InChI is InChI=1S/C27H41ClN4O5/c1-26(2,3)37-25(35)30(5)18-24(34)32-11-7-10-27(19-32,20-36-22-9-6-8-21(28)16-22)17-23(33)31-14-12-29(4)13-15-31/h6,8-9,16H,7,10-15,17-20H2,1-5H3. The molecule has 1 unspecified atom stereocenters. The molecular weight excluding hydrogens is 496 g/mol. The maximum atomic E-state index is 13.4. The average Bonchev–Trinajstić information content (AvgIpc) is 2.82. The lowest BCUT2D eigenvalue weighted by Crippen LogP contribution is -2.54. The van der Waals surface area contributed by atoms with Crippen molar-refractivity contribution in [3.63, 3.8) is 0 Å². The number of piperidine rings is 1. The summed E-state index contributed by atoms with van der Waals surface area (Å²) in [5, 5.41) is 0.575. The number of halogens is 1. The van der Waals surface area contributed by atoms with E-state index in [2.05, 4.69) is 11.9 Å². The second kappa shape index (κ2) is 12.3. The van der Waals surface area contributed by atoms with E-state index in [0.717, 1.165) is 25.9 Å². The lowest BCUT2D eigenvalue weighted by atomic mass is 9.77. The maximum Gasteiger partial charge on any atom is 0.410 e. The fraction of sp³-hybridized carbons (Fsp3) is 0.667. The molecule has 0 spiro atoms. The molecule has 2 heterocycles. The quantitative estimate of drug-likeness (QED) is 0.531. The Bertz CT molecular complexity index is 960. The van der Waals surface area contributed by atoms with Gasteiger partial charge < -0.3 is 29.1 Å². The molecule has 9 nitrogen and oxygen atoms in total. The predicted octanol–water partition coefficient (Wildman–Crippen LogP) is 3.36. The average molecular weight is 537 g/mol. The van der Waals surface area contributed by atoms with Gasteiger partial charge in [0.15, 0.2) is 0 Å². The van der Waals surface area contributed by atoms with Gasteiger partial charge in [-0.1, -0.05) is 17.7 Å². The highest BCUT2D eigenvalue weighted by Crippen LogP contribution is 2.36. The minimum atomic E-state index is -0.643. The van der Waals surface area contributed by atoms with Crippen molar-refractivity contribution in [2.75, 3.05) is 66.5 Å². The summed E-state index contributed by atoms with van der Waals surface area (Å²) in [6.07, 6.45) is 1.26. The monoisotopic (exact) mass is 536 g/mol. The SMILES string of the molecule is CN1CCN(C(=O)CC2(COc3cccc(Cl)c3)CCCN(C(=O)CN(C)C(=O)OC(C)(C)C)C2)CC1. The van der Waals surface area contributed by atoms with Gasteiger partial charge in [0.25, 0.3) is 0 Å². The molecule has 206 valence electrons. The van der Waals surface area contributed by atoms with Gasteiger partial charge in [-0.15, -0.1) is 0 Å². The molecule has 2 aliphatic rings. The zero-order valence-corrected chi connectivity index (χ0v) is 23.6. The van der Waals surface area contributed by atoms with Crippen LogP contribution in [0.5, 0.6) is 5.75 Å². The van der Waals surface area contributed by atoms with E-state index in [0.29, 0.717) is 50.0 Å². The van der Waals surface area contributed by atoms with Gasteiger partial charge in [0.2, 0.25) is 11.8 Å². The first-order chi connectivity index (χ1) is 17.4. The highest BCUT2D eigenvalue weighted by atomic mass is 35.5. The summed E-state index contributed by atoms with van der Waals surface area (Å²) in [6.45, 7) is 9.61. The molecule has 2 saturated heterocycles. The van der Waals surface area contributed by atoms with Gasteiger partial charge in [-0.3, -0.25) is 9.59 Å². The summed E-state index contributed by atoms with van der Waals surface area (Å²) < 4.78 is 11.5. The van der Waals surface area contributed by atoms with E-state index in [1.807, 2.05) is 17.0 Å². The zero-order valence-electron chi connectivity index (χ0n) is 22.8. The van der Waals surface area contributed by atoms with Crippen LogP contribution >= 0.6 is 11.6 Å². The van der Waals surface area contributed by atoms with Crippen molar-refractivity contribution in [3.8, 4) is 5.75 Å². The molecule has 0 aliphatic carbocycles. The van der Waals surface area contributed by atoms with E-state index >= 15 is 0 Å². The zero-order chi connectivity index (χ0) is 27.2. The number of likely N-dealkylation sites (tertiary alicyclic amines) is 1. The first kappa shape index (κ1) is 29.0. The summed E-state index contributed by atoms with van der Waals surface area (Å²) >= 11 is 6.14. The normalized spacial score (nSPS) is 20.9. The van der Waals surface area contributed by atoms with E-state index in [-0.39, 0.29) is 18.4 Å². The van der Waals surface area contributed by atoms with Crippen LogP contribution in [0, 0.1) is 5.41 Å². The van der Waals surface area contributed by atoms with Gasteiger partial charge >= 0.3 is 6.09 Å². The van der Waals surface area contributed by atoms with Gasteiger partial charge in [0, 0.05) is 63.2 Å². The molecule has 0 bridgehead atoms. The molecule has 0 aromatic heterocycles. The lowest BCUT2D eigenvalue weighted by Gasteiger charge is -2.44. The third-order valence-corrected chi connectivity index (χ3v) is 7.05. The Morgan fingerprint density at radius 3 is 2.41 bits per heavy atom. The van der Waals surface area contributed by atoms with Crippen molar-refractivity contribution in [3.05, 3.63) is 29.3 Å². The van der Waals surface area contributed by atoms with E-state index in [1.165, 1.54) is 4.90 Å². The van der Waals surface area contributed by atoms with Gasteiger partial charge in [0.05, 0.1) is 6.61 Å². The lowest BCUT2D eigenvalue weighted by molar-refractivity contribution is -0.142. The van der Waals surface area contributed by atoms with Crippen molar-refractivity contribution < 1.29 is 23.9 Å². The minimum absolute atomic E-state index is 0.0861. The fourth-order valence-electron chi connectivity index (χ4n) is 4.72. The van der Waals surface area contributed by atoms with E-state index in [1.54, 1.807) is 44.9 Å². The number of rotatable bonds is 7. The van der Waals surface area contributed by atoms with Crippen molar-refractivity contribution in [2.45, 2.75) is 45.6 Å². The third-order valence-electron chi connectivity index (χ3n) is 6.82. The molecular formula is C27H41ClN4O5. The smallest absolute Gasteiger partial charge is 0.410 e. The number of likely N-dealkylation sites (N-methyl/N-ethyl adjacent to an activating group) is 2. The number of ether oxygens (including phenoxy) is 2. The molecule has 3 rings (SSSR count). The number of hydrogen-bond donors (Lipinski definition) is 0. The van der Waals surface area contributed by atoms with Crippen LogP contribution in [-0.4, -0.2) is 110 Å². The van der Waals surface area contributed by atoms with E-state index in [9.17, 15) is 14.4 Å². The Hall–Kier alpha value is -2.52. The molecule has 3 amide bonds. The Kier molecular flexibility index (Phi) is 9.69. The number of piperazine rings is 1. The predicted molar refractivity (Wildman–Crippen MR) is 143 cm³/mol. The van der Waals surface area contributed by atoms with Crippen molar-refractivity contribution in [2.24, 2.45) is 5.41 Å². The Morgan fingerprint density at radius 2 is 1.76 bits per heavy atom. The van der Waals surface area contributed by atoms with E-state index in [4.69, 9.17) is 21.1 Å². The molecule has 1 atom stereocenters. The molecule has 10 heteroatoms. The topological polar surface area (TPSA) is 82.6 Å². The first-order valence-electron chi connectivity index (χ1n) is 12.9. The highest BCUT2D eigenvalue weighted by Gasteiger charge is 2.41. The van der Waals surface area contributed by atoms with Gasteiger partial charge in [-0.05, 0) is 58.9 Å². The second-order valence-corrected chi connectivity index (χ2v) is 11.8. The molecule has 1 aromatic carbocycles.